The van der Waals surface area contributed by atoms with E-state index >= 15 is 0 Å². The molecular weight excluding hydrogens is 478 g/mol. The van der Waals surface area contributed by atoms with Crippen LogP contribution in [0.3, 0.4) is 0 Å². The quantitative estimate of drug-likeness (QED) is 0.498. The lowest BCUT2D eigenvalue weighted by Crippen LogP contribution is -2.49. The third-order valence-corrected chi connectivity index (χ3v) is 7.65. The molecule has 3 aromatic carbocycles. The summed E-state index contributed by atoms with van der Waals surface area (Å²) in [5, 5.41) is 0. The van der Waals surface area contributed by atoms with Crippen molar-refractivity contribution >= 4 is 27.3 Å². The van der Waals surface area contributed by atoms with Crippen molar-refractivity contribution in [1.29, 1.82) is 0 Å². The Kier molecular flexibility index (Phi) is 7.69. The lowest BCUT2D eigenvalue weighted by molar-refractivity contribution is -0.130. The fraction of sp³-hybridized carbons (Fsp3) is 0.296. The minimum atomic E-state index is -3.67. The molecule has 0 spiro atoms. The number of carbonyl (C=O) groups excluding carboxylic acids is 1. The van der Waals surface area contributed by atoms with Crippen molar-refractivity contribution in [3.63, 3.8) is 0 Å². The summed E-state index contributed by atoms with van der Waals surface area (Å²) in [6.45, 7) is 4.49. The van der Waals surface area contributed by atoms with Crippen molar-refractivity contribution in [2.45, 2.75) is 18.2 Å². The van der Waals surface area contributed by atoms with Crippen LogP contribution in [0.15, 0.2) is 71.6 Å². The van der Waals surface area contributed by atoms with Gasteiger partial charge in [-0.2, -0.15) is 0 Å². The van der Waals surface area contributed by atoms with Crippen LogP contribution in [0, 0.1) is 6.92 Å². The molecule has 1 fully saturated rings. The van der Waals surface area contributed by atoms with Crippen molar-refractivity contribution in [2.75, 3.05) is 50.0 Å². The predicted octanol–water partition coefficient (Wildman–Crippen LogP) is 3.70. The maximum atomic E-state index is 12.9. The normalized spacial score (nSPS) is 13.9. The van der Waals surface area contributed by atoms with Gasteiger partial charge in [-0.15, -0.1) is 0 Å². The summed E-state index contributed by atoms with van der Waals surface area (Å²) in [6, 6.07) is 19.6. The average Bonchev–Trinajstić information content (AvgIpc) is 2.90. The maximum absolute atomic E-state index is 12.9. The molecule has 8 nitrogen and oxygen atoms in total. The minimum Gasteiger partial charge on any atom is -0.493 e. The van der Waals surface area contributed by atoms with E-state index in [9.17, 15) is 13.2 Å². The summed E-state index contributed by atoms with van der Waals surface area (Å²) in [7, 11) is -0.516. The highest BCUT2D eigenvalue weighted by molar-refractivity contribution is 7.92. The van der Waals surface area contributed by atoms with Crippen LogP contribution in [-0.4, -0.2) is 59.6 Å². The van der Waals surface area contributed by atoms with E-state index in [1.807, 2.05) is 48.2 Å². The van der Waals surface area contributed by atoms with E-state index < -0.39 is 10.0 Å². The first-order chi connectivity index (χ1) is 17.3. The van der Waals surface area contributed by atoms with E-state index in [4.69, 9.17) is 9.47 Å². The van der Waals surface area contributed by atoms with E-state index in [1.54, 1.807) is 44.6 Å². The van der Waals surface area contributed by atoms with Gasteiger partial charge in [0, 0.05) is 37.6 Å². The molecule has 0 unspecified atom stereocenters. The van der Waals surface area contributed by atoms with E-state index in [1.165, 1.54) is 0 Å². The number of carbonyl (C=O) groups is 1. The van der Waals surface area contributed by atoms with E-state index in [2.05, 4.69) is 9.62 Å². The fourth-order valence-electron chi connectivity index (χ4n) is 4.16. The second-order valence-electron chi connectivity index (χ2n) is 8.70. The molecule has 1 aliphatic heterocycles. The number of aryl methyl sites for hydroxylation is 1. The van der Waals surface area contributed by atoms with Crippen molar-refractivity contribution in [2.24, 2.45) is 0 Å². The Labute approximate surface area is 212 Å². The summed E-state index contributed by atoms with van der Waals surface area (Å²) in [5.41, 5.74) is 3.39. The topological polar surface area (TPSA) is 88.2 Å². The molecule has 0 aromatic heterocycles. The number of ether oxygens (including phenoxy) is 2. The number of anilines is 2. The Bertz CT molecular complexity index is 1300. The van der Waals surface area contributed by atoms with Gasteiger partial charge in [-0.25, -0.2) is 8.42 Å². The number of sulfonamides is 1. The number of benzene rings is 3. The third kappa shape index (κ3) is 5.91. The van der Waals surface area contributed by atoms with Crippen molar-refractivity contribution in [3.05, 3.63) is 77.9 Å². The molecule has 1 heterocycles. The van der Waals surface area contributed by atoms with Gasteiger partial charge < -0.3 is 19.3 Å². The smallest absolute Gasteiger partial charge is 0.261 e. The minimum absolute atomic E-state index is 0.0606. The van der Waals surface area contributed by atoms with Crippen molar-refractivity contribution in [1.82, 2.24) is 4.90 Å². The van der Waals surface area contributed by atoms with E-state index in [-0.39, 0.29) is 10.8 Å². The van der Waals surface area contributed by atoms with Crippen LogP contribution in [0.2, 0.25) is 0 Å². The van der Waals surface area contributed by atoms with Gasteiger partial charge in [0.25, 0.3) is 10.0 Å². The van der Waals surface area contributed by atoms with Gasteiger partial charge in [-0.05, 0) is 61.0 Å². The molecule has 1 saturated heterocycles. The number of hydrogen-bond donors (Lipinski definition) is 1. The van der Waals surface area contributed by atoms with Crippen LogP contribution in [0.25, 0.3) is 0 Å². The number of nitrogens with one attached hydrogen (secondary N) is 1. The summed E-state index contributed by atoms with van der Waals surface area (Å²) in [4.78, 5) is 17.1. The molecule has 190 valence electrons. The summed E-state index contributed by atoms with van der Waals surface area (Å²) in [5.74, 6) is 1.30. The van der Waals surface area contributed by atoms with Crippen LogP contribution in [0.1, 0.15) is 11.1 Å². The Hall–Kier alpha value is -3.72. The number of methoxy groups -OCH3 is 2. The Morgan fingerprint density at radius 2 is 1.50 bits per heavy atom. The van der Waals surface area contributed by atoms with Gasteiger partial charge in [-0.3, -0.25) is 9.52 Å². The molecule has 0 aliphatic carbocycles. The molecule has 36 heavy (non-hydrogen) atoms. The SMILES string of the molecule is COc1ccc(CC(=O)N2CCN(c3ccc(S(=O)(=O)Nc4ccc(C)cc4)cc3)CC2)cc1OC. The van der Waals surface area contributed by atoms with Gasteiger partial charge in [0.15, 0.2) is 11.5 Å². The lowest BCUT2D eigenvalue weighted by atomic mass is 10.1. The number of rotatable bonds is 8. The van der Waals surface area contributed by atoms with Gasteiger partial charge in [0.05, 0.1) is 25.5 Å². The number of amides is 1. The van der Waals surface area contributed by atoms with Gasteiger partial charge in [-0.1, -0.05) is 23.8 Å². The molecule has 1 N–H and O–H groups in total. The standard InChI is InChI=1S/C27H31N3O5S/c1-20-4-7-22(8-5-20)28-36(32,33)24-11-9-23(10-12-24)29-14-16-30(17-15-29)27(31)19-21-6-13-25(34-2)26(18-21)35-3/h4-13,18,28H,14-17,19H2,1-3H3. The lowest BCUT2D eigenvalue weighted by Gasteiger charge is -2.36. The Morgan fingerprint density at radius 3 is 2.11 bits per heavy atom. The third-order valence-electron chi connectivity index (χ3n) is 6.25. The Morgan fingerprint density at radius 1 is 0.861 bits per heavy atom. The molecule has 0 bridgehead atoms. The zero-order valence-corrected chi connectivity index (χ0v) is 21.5. The first-order valence-electron chi connectivity index (χ1n) is 11.7. The number of hydrogen-bond acceptors (Lipinski definition) is 6. The van der Waals surface area contributed by atoms with E-state index in [0.29, 0.717) is 49.8 Å². The van der Waals surface area contributed by atoms with Crippen LogP contribution in [-0.2, 0) is 21.2 Å². The van der Waals surface area contributed by atoms with Gasteiger partial charge >= 0.3 is 0 Å². The second-order valence-corrected chi connectivity index (χ2v) is 10.4. The zero-order chi connectivity index (χ0) is 25.7. The maximum Gasteiger partial charge on any atom is 0.261 e. The number of piperazine rings is 1. The molecule has 1 aliphatic rings. The highest BCUT2D eigenvalue weighted by Crippen LogP contribution is 2.28. The molecule has 3 aromatic rings. The van der Waals surface area contributed by atoms with Gasteiger partial charge in [0.2, 0.25) is 5.91 Å². The van der Waals surface area contributed by atoms with Crippen LogP contribution < -0.4 is 19.1 Å². The summed E-state index contributed by atoms with van der Waals surface area (Å²) >= 11 is 0. The Balaban J connectivity index is 1.33. The first-order valence-corrected chi connectivity index (χ1v) is 13.2. The second kappa shape index (κ2) is 10.9. The predicted molar refractivity (Wildman–Crippen MR) is 140 cm³/mol. The molecular formula is C27H31N3O5S. The van der Waals surface area contributed by atoms with Crippen molar-refractivity contribution < 1.29 is 22.7 Å². The molecule has 4 rings (SSSR count). The summed E-state index contributed by atoms with van der Waals surface area (Å²) < 4.78 is 38.7. The molecule has 1 amide bonds. The number of nitrogens with zero attached hydrogens (tertiary/aromatic N) is 2. The highest BCUT2D eigenvalue weighted by Gasteiger charge is 2.22. The fourth-order valence-corrected chi connectivity index (χ4v) is 5.22. The molecule has 0 radical (unpaired) electrons. The average molecular weight is 510 g/mol. The van der Waals surface area contributed by atoms with Crippen LogP contribution in [0.4, 0.5) is 11.4 Å². The monoisotopic (exact) mass is 509 g/mol. The zero-order valence-electron chi connectivity index (χ0n) is 20.7. The first kappa shape index (κ1) is 25.4. The van der Waals surface area contributed by atoms with Crippen LogP contribution in [0.5, 0.6) is 11.5 Å². The van der Waals surface area contributed by atoms with Crippen molar-refractivity contribution in [3.8, 4) is 11.5 Å². The molecule has 9 heteroatoms. The molecule has 0 atom stereocenters. The van der Waals surface area contributed by atoms with Crippen LogP contribution >= 0.6 is 0 Å². The molecule has 0 saturated carbocycles. The van der Waals surface area contributed by atoms with Gasteiger partial charge in [0.1, 0.15) is 0 Å². The van der Waals surface area contributed by atoms with E-state index in [0.717, 1.165) is 16.8 Å². The largest absolute Gasteiger partial charge is 0.493 e. The highest BCUT2D eigenvalue weighted by atomic mass is 32.2. The summed E-state index contributed by atoms with van der Waals surface area (Å²) in [6.07, 6.45) is 0.293.